The summed E-state index contributed by atoms with van der Waals surface area (Å²) in [6.07, 6.45) is 4.96. The standard InChI is InChI=1S/C12H16ClN5O/c1-9(7-18-8-10(13)5-16-18)12(19)14-6-11-3-4-15-17(11)2/h3-5,8-9H,6-7H2,1-2H3,(H,14,19). The van der Waals surface area contributed by atoms with E-state index in [9.17, 15) is 4.79 Å². The molecule has 0 aliphatic rings. The highest BCUT2D eigenvalue weighted by Gasteiger charge is 2.14. The third-order valence-corrected chi connectivity index (χ3v) is 3.07. The first-order valence-corrected chi connectivity index (χ1v) is 6.36. The molecule has 0 aliphatic heterocycles. The van der Waals surface area contributed by atoms with Crippen LogP contribution < -0.4 is 5.32 Å². The van der Waals surface area contributed by atoms with E-state index in [2.05, 4.69) is 15.5 Å². The van der Waals surface area contributed by atoms with Gasteiger partial charge in [-0.25, -0.2) is 0 Å². The minimum absolute atomic E-state index is 0.0205. The molecule has 0 aliphatic carbocycles. The van der Waals surface area contributed by atoms with E-state index < -0.39 is 0 Å². The molecular weight excluding hydrogens is 266 g/mol. The maximum atomic E-state index is 11.9. The lowest BCUT2D eigenvalue weighted by atomic mass is 10.1. The van der Waals surface area contributed by atoms with E-state index in [1.54, 1.807) is 28.0 Å². The van der Waals surface area contributed by atoms with Gasteiger partial charge in [-0.3, -0.25) is 14.2 Å². The molecule has 0 spiro atoms. The largest absolute Gasteiger partial charge is 0.350 e. The van der Waals surface area contributed by atoms with E-state index in [4.69, 9.17) is 11.6 Å². The van der Waals surface area contributed by atoms with E-state index in [0.717, 1.165) is 5.69 Å². The first-order valence-electron chi connectivity index (χ1n) is 5.99. The van der Waals surface area contributed by atoms with Crippen LogP contribution in [0.1, 0.15) is 12.6 Å². The third-order valence-electron chi connectivity index (χ3n) is 2.88. The summed E-state index contributed by atoms with van der Waals surface area (Å²) in [4.78, 5) is 11.9. The Bertz CT molecular complexity index is 562. The summed E-state index contributed by atoms with van der Waals surface area (Å²) in [6.45, 7) is 2.83. The number of amides is 1. The molecule has 0 aromatic carbocycles. The Morgan fingerprint density at radius 2 is 2.32 bits per heavy atom. The van der Waals surface area contributed by atoms with Crippen LogP contribution in [-0.4, -0.2) is 25.5 Å². The van der Waals surface area contributed by atoms with Crippen molar-refractivity contribution in [2.75, 3.05) is 0 Å². The van der Waals surface area contributed by atoms with Crippen LogP contribution in [0.3, 0.4) is 0 Å². The van der Waals surface area contributed by atoms with Gasteiger partial charge in [-0.1, -0.05) is 18.5 Å². The highest BCUT2D eigenvalue weighted by atomic mass is 35.5. The molecule has 2 rings (SSSR count). The first-order chi connectivity index (χ1) is 9.06. The van der Waals surface area contributed by atoms with Crippen molar-refractivity contribution in [1.82, 2.24) is 24.9 Å². The van der Waals surface area contributed by atoms with Crippen LogP contribution in [0.4, 0.5) is 0 Å². The second kappa shape index (κ2) is 5.88. The highest BCUT2D eigenvalue weighted by Crippen LogP contribution is 2.07. The average molecular weight is 282 g/mol. The normalized spacial score (nSPS) is 12.4. The fourth-order valence-electron chi connectivity index (χ4n) is 1.73. The van der Waals surface area contributed by atoms with E-state index in [1.807, 2.05) is 20.0 Å². The number of carbonyl (C=O) groups excluding carboxylic acids is 1. The SMILES string of the molecule is CC(Cn1cc(Cl)cn1)C(=O)NCc1ccnn1C. The monoisotopic (exact) mass is 281 g/mol. The molecule has 0 bridgehead atoms. The fourth-order valence-corrected chi connectivity index (χ4v) is 1.88. The van der Waals surface area contributed by atoms with Gasteiger partial charge < -0.3 is 5.32 Å². The number of aromatic nitrogens is 4. The molecule has 0 fully saturated rings. The molecule has 1 N–H and O–H groups in total. The second-order valence-corrected chi connectivity index (χ2v) is 4.88. The predicted octanol–water partition coefficient (Wildman–Crippen LogP) is 1.22. The van der Waals surface area contributed by atoms with Crippen LogP contribution in [0.2, 0.25) is 5.02 Å². The van der Waals surface area contributed by atoms with Gasteiger partial charge in [-0.2, -0.15) is 10.2 Å². The molecule has 102 valence electrons. The second-order valence-electron chi connectivity index (χ2n) is 4.45. The molecule has 0 radical (unpaired) electrons. The Kier molecular flexibility index (Phi) is 4.21. The number of rotatable bonds is 5. The molecule has 1 unspecified atom stereocenters. The molecule has 19 heavy (non-hydrogen) atoms. The van der Waals surface area contributed by atoms with E-state index in [1.165, 1.54) is 0 Å². The summed E-state index contributed by atoms with van der Waals surface area (Å²) < 4.78 is 3.40. The van der Waals surface area contributed by atoms with Crippen LogP contribution >= 0.6 is 11.6 Å². The Labute approximate surface area is 116 Å². The van der Waals surface area contributed by atoms with E-state index in [-0.39, 0.29) is 11.8 Å². The lowest BCUT2D eigenvalue weighted by molar-refractivity contribution is -0.125. The van der Waals surface area contributed by atoms with Crippen LogP contribution in [0, 0.1) is 5.92 Å². The van der Waals surface area contributed by atoms with Gasteiger partial charge in [-0.05, 0) is 6.07 Å². The summed E-state index contributed by atoms with van der Waals surface area (Å²) >= 11 is 5.78. The van der Waals surface area contributed by atoms with Gasteiger partial charge in [0, 0.05) is 19.4 Å². The number of nitrogens with zero attached hydrogens (tertiary/aromatic N) is 4. The average Bonchev–Trinajstić information content (AvgIpc) is 2.95. The van der Waals surface area contributed by atoms with Crippen molar-refractivity contribution in [2.45, 2.75) is 20.0 Å². The maximum Gasteiger partial charge on any atom is 0.225 e. The lowest BCUT2D eigenvalue weighted by Gasteiger charge is -2.12. The Morgan fingerprint density at radius 3 is 2.89 bits per heavy atom. The third kappa shape index (κ3) is 3.57. The van der Waals surface area contributed by atoms with Gasteiger partial charge in [-0.15, -0.1) is 0 Å². The van der Waals surface area contributed by atoms with E-state index in [0.29, 0.717) is 18.1 Å². The summed E-state index contributed by atoms with van der Waals surface area (Å²) in [5, 5.41) is 11.6. The van der Waals surface area contributed by atoms with Gasteiger partial charge >= 0.3 is 0 Å². The Balaban J connectivity index is 1.84. The predicted molar refractivity (Wildman–Crippen MR) is 71.5 cm³/mol. The van der Waals surface area contributed by atoms with Crippen molar-refractivity contribution in [3.63, 3.8) is 0 Å². The van der Waals surface area contributed by atoms with Crippen molar-refractivity contribution in [2.24, 2.45) is 13.0 Å². The first kappa shape index (κ1) is 13.6. The Hall–Kier alpha value is -1.82. The minimum Gasteiger partial charge on any atom is -0.350 e. The zero-order valence-electron chi connectivity index (χ0n) is 10.9. The zero-order valence-corrected chi connectivity index (χ0v) is 11.6. The number of halogens is 1. The van der Waals surface area contributed by atoms with Gasteiger partial charge in [0.2, 0.25) is 5.91 Å². The smallest absolute Gasteiger partial charge is 0.225 e. The van der Waals surface area contributed by atoms with Crippen molar-refractivity contribution < 1.29 is 4.79 Å². The molecule has 6 nitrogen and oxygen atoms in total. The quantitative estimate of drug-likeness (QED) is 0.896. The van der Waals surface area contributed by atoms with Crippen molar-refractivity contribution in [3.05, 3.63) is 35.4 Å². The van der Waals surface area contributed by atoms with Gasteiger partial charge in [0.05, 0.1) is 35.9 Å². The fraction of sp³-hybridized carbons (Fsp3) is 0.417. The molecule has 0 saturated heterocycles. The summed E-state index contributed by atoms with van der Waals surface area (Å²) in [5.74, 6) is -0.197. The number of aryl methyl sites for hydroxylation is 1. The van der Waals surface area contributed by atoms with Crippen LogP contribution in [0.15, 0.2) is 24.7 Å². The number of hydrogen-bond donors (Lipinski definition) is 1. The number of hydrogen-bond acceptors (Lipinski definition) is 3. The number of nitrogens with one attached hydrogen (secondary N) is 1. The molecule has 2 aromatic heterocycles. The molecule has 0 saturated carbocycles. The Morgan fingerprint density at radius 1 is 1.53 bits per heavy atom. The zero-order chi connectivity index (χ0) is 13.8. The summed E-state index contributed by atoms with van der Waals surface area (Å²) in [5.41, 5.74) is 0.961. The van der Waals surface area contributed by atoms with Crippen molar-refractivity contribution in [1.29, 1.82) is 0 Å². The number of carbonyl (C=O) groups is 1. The summed E-state index contributed by atoms with van der Waals surface area (Å²) in [7, 11) is 1.84. The molecular formula is C12H16ClN5O. The molecule has 2 heterocycles. The van der Waals surface area contributed by atoms with Crippen LogP contribution in [0.5, 0.6) is 0 Å². The van der Waals surface area contributed by atoms with Crippen molar-refractivity contribution in [3.8, 4) is 0 Å². The lowest BCUT2D eigenvalue weighted by Crippen LogP contribution is -2.31. The van der Waals surface area contributed by atoms with Crippen LogP contribution in [0.25, 0.3) is 0 Å². The minimum atomic E-state index is -0.177. The van der Waals surface area contributed by atoms with Crippen molar-refractivity contribution >= 4 is 17.5 Å². The highest BCUT2D eigenvalue weighted by molar-refractivity contribution is 6.30. The molecule has 2 aromatic rings. The maximum absolute atomic E-state index is 11.9. The molecule has 1 amide bonds. The van der Waals surface area contributed by atoms with Crippen LogP contribution in [-0.2, 0) is 24.9 Å². The van der Waals surface area contributed by atoms with Gasteiger partial charge in [0.15, 0.2) is 0 Å². The summed E-state index contributed by atoms with van der Waals surface area (Å²) in [6, 6.07) is 1.87. The van der Waals surface area contributed by atoms with E-state index >= 15 is 0 Å². The molecule has 1 atom stereocenters. The topological polar surface area (TPSA) is 64.7 Å². The molecule has 7 heteroatoms. The van der Waals surface area contributed by atoms with Gasteiger partial charge in [0.25, 0.3) is 0 Å². The van der Waals surface area contributed by atoms with Gasteiger partial charge in [0.1, 0.15) is 0 Å².